The second kappa shape index (κ2) is 11.8. The SMILES string of the molecule is O=P(CC[Te]CCP(=S)(c1ccccc1)c1ccccc1)(c1ccccc1)c1ccccc1. The molecule has 0 amide bonds. The van der Waals surface area contributed by atoms with Crippen LogP contribution in [0.5, 0.6) is 0 Å². The molecule has 4 aromatic carbocycles. The van der Waals surface area contributed by atoms with E-state index in [9.17, 15) is 4.57 Å². The van der Waals surface area contributed by atoms with Crippen molar-refractivity contribution in [1.29, 1.82) is 0 Å². The Kier molecular flexibility index (Phi) is 8.82. The summed E-state index contributed by atoms with van der Waals surface area (Å²) in [7, 11) is -2.61. The number of benzene rings is 4. The predicted octanol–water partition coefficient (Wildman–Crippen LogP) is 5.67. The third-order valence-corrected chi connectivity index (χ3v) is 18.5. The first-order valence-electron chi connectivity index (χ1n) is 11.1. The molecule has 0 fully saturated rings. The van der Waals surface area contributed by atoms with Crippen molar-refractivity contribution in [1.82, 2.24) is 0 Å². The molecule has 1 nitrogen and oxygen atoms in total. The van der Waals surface area contributed by atoms with Crippen molar-refractivity contribution in [3.05, 3.63) is 121 Å². The average Bonchev–Trinajstić information content (AvgIpc) is 2.90. The molecule has 0 radical (unpaired) electrons. The molecule has 0 aliphatic carbocycles. The van der Waals surface area contributed by atoms with Gasteiger partial charge in [0.1, 0.15) is 0 Å². The summed E-state index contributed by atoms with van der Waals surface area (Å²) in [6.45, 7) is 0. The van der Waals surface area contributed by atoms with E-state index in [1.807, 2.05) is 60.7 Å². The maximum absolute atomic E-state index is 14.2. The first-order chi connectivity index (χ1) is 16.1. The van der Waals surface area contributed by atoms with E-state index in [-0.39, 0.29) is 20.9 Å². The van der Waals surface area contributed by atoms with Crippen molar-refractivity contribution in [2.24, 2.45) is 0 Å². The minimum atomic E-state index is -2.61. The fraction of sp³-hybridized carbons (Fsp3) is 0.143. The zero-order chi connectivity index (χ0) is 23.0. The molecule has 168 valence electrons. The Morgan fingerprint density at radius 3 is 1.24 bits per heavy atom. The van der Waals surface area contributed by atoms with Crippen LogP contribution in [0.25, 0.3) is 0 Å². The van der Waals surface area contributed by atoms with Crippen LogP contribution in [0.15, 0.2) is 121 Å². The van der Waals surface area contributed by atoms with Crippen LogP contribution in [0, 0.1) is 0 Å². The Hall–Kier alpha value is -1.45. The molecular formula is C28H28OP2STe. The maximum atomic E-state index is 14.2. The molecule has 0 atom stereocenters. The van der Waals surface area contributed by atoms with E-state index in [1.165, 1.54) is 15.1 Å². The van der Waals surface area contributed by atoms with Crippen LogP contribution < -0.4 is 21.2 Å². The summed E-state index contributed by atoms with van der Waals surface area (Å²) >= 11 is 6.10. The van der Waals surface area contributed by atoms with Crippen molar-refractivity contribution >= 4 is 67.1 Å². The van der Waals surface area contributed by atoms with Crippen LogP contribution in [0.4, 0.5) is 0 Å². The Labute approximate surface area is 213 Å². The van der Waals surface area contributed by atoms with Crippen LogP contribution >= 0.6 is 13.2 Å². The first-order valence-corrected chi connectivity index (χ1v) is 19.3. The summed E-state index contributed by atoms with van der Waals surface area (Å²) in [6.07, 6.45) is 1.81. The molecule has 33 heavy (non-hydrogen) atoms. The third kappa shape index (κ3) is 5.98. The van der Waals surface area contributed by atoms with Gasteiger partial charge < -0.3 is 0 Å². The second-order valence-corrected chi connectivity index (χ2v) is 19.2. The normalized spacial score (nSPS) is 11.9. The summed E-state index contributed by atoms with van der Waals surface area (Å²) in [4.78, 5) is 0. The Balaban J connectivity index is 1.47. The number of rotatable bonds is 10. The fourth-order valence-electron chi connectivity index (χ4n) is 3.98. The molecular weight excluding hydrogens is 574 g/mol. The summed E-state index contributed by atoms with van der Waals surface area (Å²) in [5.41, 5.74) is 0. The van der Waals surface area contributed by atoms with Gasteiger partial charge in [0.25, 0.3) is 0 Å². The molecule has 0 N–H and O–H groups in total. The monoisotopic (exact) mass is 604 g/mol. The number of hydrogen-bond acceptors (Lipinski definition) is 2. The van der Waals surface area contributed by atoms with Gasteiger partial charge in [-0.3, -0.25) is 0 Å². The number of hydrogen-bond donors (Lipinski definition) is 0. The molecule has 0 aliphatic rings. The van der Waals surface area contributed by atoms with Crippen molar-refractivity contribution in [3.63, 3.8) is 0 Å². The van der Waals surface area contributed by atoms with Gasteiger partial charge >= 0.3 is 214 Å². The van der Waals surface area contributed by atoms with E-state index < -0.39 is 13.2 Å². The first kappa shape index (κ1) is 24.7. The Morgan fingerprint density at radius 1 is 0.515 bits per heavy atom. The second-order valence-electron chi connectivity index (χ2n) is 7.88. The van der Waals surface area contributed by atoms with E-state index in [1.54, 1.807) is 0 Å². The standard InChI is InChI=1S/C28H28OP2STe/c29-30(25-13-5-1-6-14-25,26-15-7-2-8-16-26)21-23-33-24-22-31(32,27-17-9-3-10-18-27)28-19-11-4-12-20-28/h1-20H,21-24H2. The molecule has 0 aromatic heterocycles. The molecule has 0 unspecified atom stereocenters. The van der Waals surface area contributed by atoms with E-state index in [4.69, 9.17) is 11.8 Å². The molecule has 0 saturated carbocycles. The van der Waals surface area contributed by atoms with Gasteiger partial charge in [-0.15, -0.1) is 0 Å². The Bertz CT molecular complexity index is 1050. The molecule has 4 aromatic rings. The van der Waals surface area contributed by atoms with Crippen molar-refractivity contribution in [2.45, 2.75) is 8.94 Å². The van der Waals surface area contributed by atoms with Crippen LogP contribution in [-0.4, -0.2) is 33.2 Å². The fourth-order valence-corrected chi connectivity index (χ4v) is 18.4. The van der Waals surface area contributed by atoms with E-state index in [2.05, 4.69) is 60.7 Å². The zero-order valence-electron chi connectivity index (χ0n) is 18.5. The zero-order valence-corrected chi connectivity index (χ0v) is 23.4. The van der Waals surface area contributed by atoms with Crippen molar-refractivity contribution in [3.8, 4) is 0 Å². The molecule has 0 bridgehead atoms. The summed E-state index contributed by atoms with van der Waals surface area (Å²) in [5, 5.41) is 4.56. The van der Waals surface area contributed by atoms with Gasteiger partial charge in [0.2, 0.25) is 0 Å². The van der Waals surface area contributed by atoms with Crippen molar-refractivity contribution in [2.75, 3.05) is 12.3 Å². The molecule has 0 spiro atoms. The van der Waals surface area contributed by atoms with Gasteiger partial charge in [-0.05, 0) is 0 Å². The van der Waals surface area contributed by atoms with Crippen molar-refractivity contribution < 1.29 is 4.57 Å². The van der Waals surface area contributed by atoms with Gasteiger partial charge in [0.15, 0.2) is 0 Å². The molecule has 0 heterocycles. The van der Waals surface area contributed by atoms with Gasteiger partial charge in [-0.1, -0.05) is 0 Å². The average molecular weight is 602 g/mol. The summed E-state index contributed by atoms with van der Waals surface area (Å²) in [5.74, 6) is 0. The minimum absolute atomic E-state index is 0.289. The van der Waals surface area contributed by atoms with Gasteiger partial charge in [0.05, 0.1) is 0 Å². The van der Waals surface area contributed by atoms with Crippen LogP contribution in [0.2, 0.25) is 8.94 Å². The van der Waals surface area contributed by atoms with E-state index in [0.717, 1.165) is 27.4 Å². The Morgan fingerprint density at radius 2 is 0.848 bits per heavy atom. The quantitative estimate of drug-likeness (QED) is 0.132. The third-order valence-electron chi connectivity index (χ3n) is 5.79. The summed E-state index contributed by atoms with van der Waals surface area (Å²) < 4.78 is 16.5. The van der Waals surface area contributed by atoms with Crippen LogP contribution in [0.3, 0.4) is 0 Å². The molecule has 0 saturated heterocycles. The van der Waals surface area contributed by atoms with E-state index in [0.29, 0.717) is 0 Å². The molecule has 4 rings (SSSR count). The van der Waals surface area contributed by atoms with Crippen LogP contribution in [-0.2, 0) is 16.4 Å². The van der Waals surface area contributed by atoms with Gasteiger partial charge in [0, 0.05) is 0 Å². The molecule has 0 aliphatic heterocycles. The predicted molar refractivity (Wildman–Crippen MR) is 151 cm³/mol. The van der Waals surface area contributed by atoms with Gasteiger partial charge in [-0.25, -0.2) is 0 Å². The van der Waals surface area contributed by atoms with E-state index >= 15 is 0 Å². The summed E-state index contributed by atoms with van der Waals surface area (Å²) in [6, 6.07) is 39.6. The molecule has 5 heteroatoms. The van der Waals surface area contributed by atoms with Crippen LogP contribution in [0.1, 0.15) is 0 Å². The topological polar surface area (TPSA) is 17.1 Å². The van der Waals surface area contributed by atoms with Gasteiger partial charge in [-0.2, -0.15) is 0 Å².